The molecule has 4 heteroatoms. The topological polar surface area (TPSA) is 42.7 Å². The first-order valence-electron chi connectivity index (χ1n) is 23.3. The summed E-state index contributed by atoms with van der Waals surface area (Å²) in [6.45, 7) is 9.48. The van der Waals surface area contributed by atoms with Crippen molar-refractivity contribution < 1.29 is 0 Å². The van der Waals surface area contributed by atoms with Crippen LogP contribution in [0.4, 0.5) is 5.69 Å². The summed E-state index contributed by atoms with van der Waals surface area (Å²) in [5.74, 6) is 0.654. The molecule has 2 heterocycles. The molecule has 2 aliphatic heterocycles. The Bertz CT molecular complexity index is 2670. The largest absolute Gasteiger partial charge is 0.314 e. The molecular formula is C60H62N4. The lowest BCUT2D eigenvalue weighted by Gasteiger charge is -2.37. The standard InChI is InChI=1S/C60H62N4/c1-5-22-56-45(3)57-43-52(36-38-58(57)64(46(56)4)54-31-19-9-10-20-32-54)49-35-33-44(2)41-55(37-34-47-23-13-7-6-8-14-24-47)63(40-39-49)60(61)62-59(50-27-17-12-18-28-50)53-30-21-29-51(42-53)48-25-15-11-16-26-48/h5,9,11-13,15-23,25-39,42-45,61H,6-8,10,14,24,40-41H2,1-4H3/b22-5-,23-13-,35-33-,47-34-,49-39+,55-37+,61-60?,62-59+. The van der Waals surface area contributed by atoms with Crippen LogP contribution in [0.3, 0.4) is 0 Å². The third-order valence-corrected chi connectivity index (χ3v) is 12.8. The van der Waals surface area contributed by atoms with Crippen molar-refractivity contribution in [3.8, 4) is 11.1 Å². The van der Waals surface area contributed by atoms with Crippen LogP contribution in [-0.2, 0) is 0 Å². The van der Waals surface area contributed by atoms with E-state index in [0.29, 0.717) is 6.54 Å². The van der Waals surface area contributed by atoms with Crippen molar-refractivity contribution in [1.29, 1.82) is 5.41 Å². The summed E-state index contributed by atoms with van der Waals surface area (Å²) in [5, 5.41) is 9.97. The summed E-state index contributed by atoms with van der Waals surface area (Å²) < 4.78 is 0. The fourth-order valence-electron chi connectivity index (χ4n) is 9.28. The van der Waals surface area contributed by atoms with E-state index >= 15 is 0 Å². The molecule has 0 radical (unpaired) electrons. The first-order chi connectivity index (χ1) is 31.4. The number of aliphatic imine (C=N–C) groups is 1. The summed E-state index contributed by atoms with van der Waals surface area (Å²) in [6.07, 6.45) is 39.3. The van der Waals surface area contributed by atoms with Gasteiger partial charge in [0.1, 0.15) is 0 Å². The summed E-state index contributed by atoms with van der Waals surface area (Å²) in [6, 6.07) is 36.4. The molecule has 2 unspecified atom stereocenters. The maximum atomic E-state index is 9.97. The molecule has 0 amide bonds. The smallest absolute Gasteiger partial charge is 0.222 e. The van der Waals surface area contributed by atoms with Crippen LogP contribution in [0.5, 0.6) is 0 Å². The summed E-state index contributed by atoms with van der Waals surface area (Å²) in [5.41, 5.74) is 16.0. The second kappa shape index (κ2) is 21.1. The van der Waals surface area contributed by atoms with Crippen molar-refractivity contribution >= 4 is 22.9 Å². The van der Waals surface area contributed by atoms with Gasteiger partial charge in [0.2, 0.25) is 5.96 Å². The predicted molar refractivity (Wildman–Crippen MR) is 274 cm³/mol. The molecule has 0 spiro atoms. The number of nitrogens with zero attached hydrogens (tertiary/aromatic N) is 3. The SMILES string of the molecule is C/C=C\C1=C(C)N(C2=CC=CCC=C2)c2ccc(C3=C/CN(C(=N)/N=C(\c4ccccc4)c4cccc(-c5ccccc5)c4)/C(=C/C=C4/C=C\CCCCC4)CC(C)/C=C\3)cc2C1C. The Balaban J connectivity index is 1.23. The lowest BCUT2D eigenvalue weighted by molar-refractivity contribution is 0.504. The van der Waals surface area contributed by atoms with Gasteiger partial charge in [0.15, 0.2) is 0 Å². The van der Waals surface area contributed by atoms with Gasteiger partial charge in [-0.2, -0.15) is 0 Å². The fraction of sp³-hybridized carbons (Fsp3) is 0.233. The van der Waals surface area contributed by atoms with Crippen LogP contribution >= 0.6 is 0 Å². The van der Waals surface area contributed by atoms with Crippen LogP contribution in [0.1, 0.15) is 101 Å². The van der Waals surface area contributed by atoms with E-state index in [4.69, 9.17) is 4.99 Å². The predicted octanol–water partition coefficient (Wildman–Crippen LogP) is 15.6. The minimum atomic E-state index is 0.217. The van der Waals surface area contributed by atoms with Crippen molar-refractivity contribution in [3.05, 3.63) is 239 Å². The summed E-state index contributed by atoms with van der Waals surface area (Å²) in [7, 11) is 0. The fourth-order valence-corrected chi connectivity index (χ4v) is 9.28. The van der Waals surface area contributed by atoms with E-state index in [1.165, 1.54) is 58.6 Å². The van der Waals surface area contributed by atoms with Crippen LogP contribution in [0.2, 0.25) is 0 Å². The molecule has 0 saturated heterocycles. The Morgan fingerprint density at radius 1 is 0.766 bits per heavy atom. The number of guanidine groups is 1. The van der Waals surface area contributed by atoms with Crippen molar-refractivity contribution in [1.82, 2.24) is 4.90 Å². The quantitative estimate of drug-likeness (QED) is 0.149. The zero-order valence-electron chi connectivity index (χ0n) is 38.1. The molecule has 0 fully saturated rings. The van der Waals surface area contributed by atoms with E-state index in [2.05, 4.69) is 214 Å². The lowest BCUT2D eigenvalue weighted by atomic mass is 9.84. The molecule has 1 N–H and O–H groups in total. The Morgan fingerprint density at radius 3 is 2.39 bits per heavy atom. The lowest BCUT2D eigenvalue weighted by Crippen LogP contribution is -2.30. The molecule has 8 rings (SSSR count). The van der Waals surface area contributed by atoms with Gasteiger partial charge in [0.05, 0.1) is 5.71 Å². The van der Waals surface area contributed by atoms with Crippen molar-refractivity contribution in [2.75, 3.05) is 11.4 Å². The molecule has 4 nitrogen and oxygen atoms in total. The number of fused-ring (bicyclic) bond motifs is 1. The van der Waals surface area contributed by atoms with Gasteiger partial charge in [-0.15, -0.1) is 0 Å². The first kappa shape index (κ1) is 43.9. The van der Waals surface area contributed by atoms with E-state index in [0.717, 1.165) is 64.9 Å². The zero-order chi connectivity index (χ0) is 44.3. The van der Waals surface area contributed by atoms with Gasteiger partial charge in [0, 0.05) is 46.4 Å². The highest BCUT2D eigenvalue weighted by Crippen LogP contribution is 2.45. The van der Waals surface area contributed by atoms with E-state index in [-0.39, 0.29) is 17.8 Å². The number of nitrogens with one attached hydrogen (secondary N) is 1. The number of allylic oxidation sites excluding steroid dienone is 18. The molecule has 0 saturated carbocycles. The van der Waals surface area contributed by atoms with Crippen molar-refractivity contribution in [3.63, 3.8) is 0 Å². The Labute approximate surface area is 382 Å². The molecule has 0 aromatic heterocycles. The van der Waals surface area contributed by atoms with Crippen molar-refractivity contribution in [2.45, 2.75) is 78.6 Å². The van der Waals surface area contributed by atoms with Gasteiger partial charge in [0.25, 0.3) is 0 Å². The Hall–Kier alpha value is -6.78. The molecule has 64 heavy (non-hydrogen) atoms. The van der Waals surface area contributed by atoms with Crippen molar-refractivity contribution in [2.24, 2.45) is 10.9 Å². The molecule has 4 aromatic carbocycles. The highest BCUT2D eigenvalue weighted by atomic mass is 15.3. The van der Waals surface area contributed by atoms with Gasteiger partial charge < -0.3 is 9.80 Å². The average Bonchev–Trinajstić information content (AvgIpc) is 3.56. The normalized spacial score (nSPS) is 22.7. The van der Waals surface area contributed by atoms with Crippen LogP contribution in [0.25, 0.3) is 16.7 Å². The highest BCUT2D eigenvalue weighted by molar-refractivity contribution is 6.17. The number of benzene rings is 4. The minimum Gasteiger partial charge on any atom is -0.314 e. The van der Waals surface area contributed by atoms with Crippen LogP contribution in [0.15, 0.2) is 221 Å². The van der Waals surface area contributed by atoms with E-state index < -0.39 is 0 Å². The van der Waals surface area contributed by atoms with Gasteiger partial charge in [-0.1, -0.05) is 172 Å². The molecule has 322 valence electrons. The van der Waals surface area contributed by atoms with Gasteiger partial charge >= 0.3 is 0 Å². The number of hydrogen-bond acceptors (Lipinski definition) is 2. The van der Waals surface area contributed by atoms with E-state index in [1.807, 2.05) is 12.1 Å². The minimum absolute atomic E-state index is 0.217. The highest BCUT2D eigenvalue weighted by Gasteiger charge is 2.29. The number of rotatable bonds is 7. The second-order valence-electron chi connectivity index (χ2n) is 17.3. The maximum Gasteiger partial charge on any atom is 0.222 e. The van der Waals surface area contributed by atoms with Crippen LogP contribution < -0.4 is 4.90 Å². The molecular weight excluding hydrogens is 777 g/mol. The number of anilines is 1. The average molecular weight is 839 g/mol. The zero-order valence-corrected chi connectivity index (χ0v) is 38.1. The molecule has 2 atom stereocenters. The first-order valence-corrected chi connectivity index (χ1v) is 23.3. The summed E-state index contributed by atoms with van der Waals surface area (Å²) in [4.78, 5) is 9.86. The Morgan fingerprint density at radius 2 is 1.56 bits per heavy atom. The molecule has 4 aromatic rings. The molecule has 2 aliphatic carbocycles. The van der Waals surface area contributed by atoms with E-state index in [9.17, 15) is 5.41 Å². The maximum absolute atomic E-state index is 9.97. The van der Waals surface area contributed by atoms with Gasteiger partial charge in [-0.3, -0.25) is 5.41 Å². The summed E-state index contributed by atoms with van der Waals surface area (Å²) >= 11 is 0. The number of hydrogen-bond donors (Lipinski definition) is 1. The van der Waals surface area contributed by atoms with E-state index in [1.54, 1.807) is 0 Å². The van der Waals surface area contributed by atoms with Gasteiger partial charge in [-0.05, 0) is 134 Å². The van der Waals surface area contributed by atoms with Gasteiger partial charge in [-0.25, -0.2) is 4.99 Å². The third-order valence-electron chi connectivity index (χ3n) is 12.8. The van der Waals surface area contributed by atoms with Crippen LogP contribution in [0, 0.1) is 11.3 Å². The van der Waals surface area contributed by atoms with Crippen LogP contribution in [-0.4, -0.2) is 23.1 Å². The Kier molecular flexibility index (Phi) is 14.4. The molecule has 0 bridgehead atoms. The third kappa shape index (κ3) is 10.4. The second-order valence-corrected chi connectivity index (χ2v) is 17.3. The monoisotopic (exact) mass is 838 g/mol. The molecule has 4 aliphatic rings.